The van der Waals surface area contributed by atoms with Gasteiger partial charge in [0, 0.05) is 214 Å². The van der Waals surface area contributed by atoms with Crippen molar-refractivity contribution in [1.29, 1.82) is 0 Å². The number of nitrogens with zero attached hydrogens (tertiary/aromatic N) is 14. The van der Waals surface area contributed by atoms with E-state index < -0.39 is 96.1 Å². The fourth-order valence-corrected chi connectivity index (χ4v) is 19.4. The predicted octanol–water partition coefficient (Wildman–Crippen LogP) is 5.26. The van der Waals surface area contributed by atoms with Gasteiger partial charge in [-0.25, -0.2) is 0 Å². The van der Waals surface area contributed by atoms with E-state index in [0.29, 0.717) is 245 Å². The molecule has 0 aromatic heterocycles. The van der Waals surface area contributed by atoms with Crippen molar-refractivity contribution in [3.05, 3.63) is 121 Å². The van der Waals surface area contributed by atoms with E-state index in [1.807, 2.05) is 161 Å². The topological polar surface area (TPSA) is 418 Å². The van der Waals surface area contributed by atoms with E-state index in [9.17, 15) is 79.2 Å². The summed E-state index contributed by atoms with van der Waals surface area (Å²) in [6.45, 7) is 15.3. The van der Waals surface area contributed by atoms with Gasteiger partial charge in [-0.05, 0) is 173 Å². The lowest BCUT2D eigenvalue weighted by atomic mass is 10.1. The van der Waals surface area contributed by atoms with Crippen molar-refractivity contribution in [2.24, 2.45) is 0 Å². The van der Waals surface area contributed by atoms with E-state index in [2.05, 4.69) is 29.4 Å². The quantitative estimate of drug-likeness (QED) is 0.0246. The van der Waals surface area contributed by atoms with Crippen LogP contribution in [0.25, 0.3) is 0 Å². The SMILES string of the molecule is O=C(O)C(CCN(CCC(C(=O)O)N1CCOCC1)c1ccc(N(c2ccc(N(CCC(C(=O)O)N3CCOCC3)CCC(C(=O)O)N3CCOCC3)cc2)c2ccc(N(c3ccc(N(CCC(C(=O)O)N4CCOCC4)CCC(C(=O)O)N4CCOCC4)cc3)c3ccc(N(CCC(C(=O)O)N4CCOCC4)CCC(C(=O)O)N4CCOCC4)cc3)cc2)cc1)N1CCOCC1. The van der Waals surface area contributed by atoms with Crippen LogP contribution in [-0.4, -0.2) is 439 Å². The lowest BCUT2D eigenvalue weighted by Crippen LogP contribution is -2.50. The van der Waals surface area contributed by atoms with Crippen molar-refractivity contribution >= 4 is 105 Å². The third kappa shape index (κ3) is 27.6. The molecule has 8 saturated heterocycles. The van der Waals surface area contributed by atoms with E-state index in [1.54, 1.807) is 0 Å². The third-order valence-electron chi connectivity index (χ3n) is 26.8. The van der Waals surface area contributed by atoms with Gasteiger partial charge >= 0.3 is 47.8 Å². The summed E-state index contributed by atoms with van der Waals surface area (Å²) in [5.74, 6) is -7.77. The number of rotatable bonds is 50. The van der Waals surface area contributed by atoms with E-state index in [0.717, 1.165) is 22.7 Å². The Balaban J connectivity index is 0.900. The Kier molecular flexibility index (Phi) is 38.0. The molecule has 0 radical (unpaired) electrons. The predicted molar refractivity (Wildman–Crippen MR) is 492 cm³/mol. The molecule has 38 nitrogen and oxygen atoms in total. The molecule has 5 aromatic carbocycles. The molecular formula is C94H132N14O24. The van der Waals surface area contributed by atoms with Gasteiger partial charge < -0.3 is 108 Å². The van der Waals surface area contributed by atoms with Crippen molar-refractivity contribution in [2.75, 3.05) is 292 Å². The van der Waals surface area contributed by atoms with Gasteiger partial charge in [0.2, 0.25) is 0 Å². The summed E-state index contributed by atoms with van der Waals surface area (Å²) in [7, 11) is 0. The number of carboxylic acids is 8. The van der Waals surface area contributed by atoms with Crippen molar-refractivity contribution < 1.29 is 117 Å². The summed E-state index contributed by atoms with van der Waals surface area (Å²) in [6, 6.07) is 32.5. The van der Waals surface area contributed by atoms with Crippen LogP contribution in [0.2, 0.25) is 0 Å². The molecule has 8 unspecified atom stereocenters. The van der Waals surface area contributed by atoms with Crippen LogP contribution < -0.4 is 29.4 Å². The number of hydrogen-bond acceptors (Lipinski definition) is 30. The number of carboxylic acid groups (broad SMARTS) is 8. The Bertz CT molecular complexity index is 3740. The van der Waals surface area contributed by atoms with Crippen LogP contribution in [0.3, 0.4) is 0 Å². The highest BCUT2D eigenvalue weighted by molar-refractivity contribution is 5.84. The van der Waals surface area contributed by atoms with Crippen molar-refractivity contribution in [3.63, 3.8) is 0 Å². The van der Waals surface area contributed by atoms with E-state index in [4.69, 9.17) is 37.9 Å². The second-order valence-electron chi connectivity index (χ2n) is 34.5. The molecule has 8 N–H and O–H groups in total. The number of carbonyl (C=O) groups is 8. The van der Waals surface area contributed by atoms with Gasteiger partial charge in [0.1, 0.15) is 48.3 Å². The molecular weight excluding hydrogens is 1710 g/mol. The second-order valence-corrected chi connectivity index (χ2v) is 34.5. The number of hydrogen-bond donors (Lipinski definition) is 8. The van der Waals surface area contributed by atoms with Gasteiger partial charge in [-0.1, -0.05) is 0 Å². The molecule has 38 heteroatoms. The molecule has 0 aliphatic carbocycles. The van der Waals surface area contributed by atoms with E-state index in [1.165, 1.54) is 0 Å². The zero-order chi connectivity index (χ0) is 92.8. The monoisotopic (exact) mass is 1840 g/mol. The second kappa shape index (κ2) is 50.4. The standard InChI is InChI=1S/C94H132N14O24/c109-87(110)79(99-37-53-125-54-38-99)21-29-95(30-22-80(88(111)112)100-39-55-126-56-40-100)69-1-9-73(10-2-69)107(74-11-3-70(4-12-74)96(31-23-81(89(113)114)101-41-57-127-58-42-101)32-24-82(90(115)116)102-43-59-128-60-44-102)77-17-19-78(20-18-77)108(75-13-5-71(6-14-75)97(33-25-83(91(117)118)103-45-61-129-62-46-103)34-26-84(92(119)120)104-47-63-130-64-48-104)76-15-7-72(8-16-76)98(35-27-85(93(121)122)105-49-65-131-66-50-105)36-28-86(94(123)124)106-51-67-132-68-52-106/h1-20,79-86H,21-68H2,(H,109,110)(H,111,112)(H,113,114)(H,115,116)(H,117,118)(H,119,120)(H,121,122)(H,123,124). The Hall–Kier alpha value is -9.98. The lowest BCUT2D eigenvalue weighted by Gasteiger charge is -2.36. The summed E-state index contributed by atoms with van der Waals surface area (Å²) in [6.07, 6.45) is 1.74. The largest absolute Gasteiger partial charge is 0.480 e. The number of ether oxygens (including phenoxy) is 8. The summed E-state index contributed by atoms with van der Waals surface area (Å²) < 4.78 is 45.0. The summed E-state index contributed by atoms with van der Waals surface area (Å²) in [5, 5.41) is 86.0. The number of anilines is 10. The fourth-order valence-electron chi connectivity index (χ4n) is 19.4. The smallest absolute Gasteiger partial charge is 0.320 e. The molecule has 8 atom stereocenters. The third-order valence-corrected chi connectivity index (χ3v) is 26.8. The molecule has 8 fully saturated rings. The average molecular weight is 1840 g/mol. The van der Waals surface area contributed by atoms with Crippen LogP contribution in [0.15, 0.2) is 121 Å². The summed E-state index contributed by atoms with van der Waals surface area (Å²) in [5.41, 5.74) is 6.97. The first-order valence-corrected chi connectivity index (χ1v) is 46.6. The van der Waals surface area contributed by atoms with Gasteiger partial charge in [0.05, 0.1) is 106 Å². The Morgan fingerprint density at radius 3 is 0.386 bits per heavy atom. The molecule has 0 saturated carbocycles. The van der Waals surface area contributed by atoms with Crippen LogP contribution >= 0.6 is 0 Å². The first kappa shape index (κ1) is 99.5. The van der Waals surface area contributed by atoms with Crippen molar-refractivity contribution in [1.82, 2.24) is 39.2 Å². The Morgan fingerprint density at radius 1 is 0.189 bits per heavy atom. The first-order valence-electron chi connectivity index (χ1n) is 46.6. The molecule has 0 bridgehead atoms. The van der Waals surface area contributed by atoms with Crippen LogP contribution in [-0.2, 0) is 76.3 Å². The van der Waals surface area contributed by atoms with Crippen LogP contribution in [0.5, 0.6) is 0 Å². The molecule has 0 amide bonds. The molecule has 8 aliphatic heterocycles. The van der Waals surface area contributed by atoms with Gasteiger partial charge in [0.15, 0.2) is 0 Å². The van der Waals surface area contributed by atoms with Crippen molar-refractivity contribution in [2.45, 2.75) is 99.7 Å². The van der Waals surface area contributed by atoms with Gasteiger partial charge in [-0.2, -0.15) is 0 Å². The van der Waals surface area contributed by atoms with Gasteiger partial charge in [-0.3, -0.25) is 77.6 Å². The molecule has 5 aromatic rings. The minimum atomic E-state index is -0.972. The molecule has 722 valence electrons. The number of aliphatic carboxylic acids is 8. The molecule has 8 heterocycles. The highest BCUT2D eigenvalue weighted by Gasteiger charge is 2.38. The Morgan fingerprint density at radius 2 is 0.288 bits per heavy atom. The van der Waals surface area contributed by atoms with Gasteiger partial charge in [-0.15, -0.1) is 0 Å². The Labute approximate surface area is 770 Å². The van der Waals surface area contributed by atoms with Crippen LogP contribution in [0, 0.1) is 0 Å². The number of benzene rings is 5. The molecule has 132 heavy (non-hydrogen) atoms. The minimum Gasteiger partial charge on any atom is -0.480 e. The fraction of sp³-hybridized carbons (Fsp3) is 0.596. The normalized spacial score (nSPS) is 20.0. The van der Waals surface area contributed by atoms with E-state index in [-0.39, 0.29) is 104 Å². The highest BCUT2D eigenvalue weighted by Crippen LogP contribution is 2.42. The van der Waals surface area contributed by atoms with Crippen molar-refractivity contribution in [3.8, 4) is 0 Å². The summed E-state index contributed by atoms with van der Waals surface area (Å²) >= 11 is 0. The van der Waals surface area contributed by atoms with E-state index >= 15 is 0 Å². The highest BCUT2D eigenvalue weighted by atomic mass is 16.5. The lowest BCUT2D eigenvalue weighted by molar-refractivity contribution is -0.146. The molecule has 13 rings (SSSR count). The molecule has 8 aliphatic rings. The van der Waals surface area contributed by atoms with Gasteiger partial charge in [0.25, 0.3) is 0 Å². The number of morpholine rings is 8. The maximum atomic E-state index is 13.2. The average Bonchev–Trinajstić information content (AvgIpc) is 0.782. The molecule has 0 spiro atoms. The first-order chi connectivity index (χ1) is 64.1. The zero-order valence-corrected chi connectivity index (χ0v) is 75.5. The minimum absolute atomic E-state index is 0.218. The van der Waals surface area contributed by atoms with Crippen LogP contribution in [0.1, 0.15) is 51.4 Å². The van der Waals surface area contributed by atoms with Crippen LogP contribution in [0.4, 0.5) is 56.9 Å². The zero-order valence-electron chi connectivity index (χ0n) is 75.5. The maximum Gasteiger partial charge on any atom is 0.320 e. The maximum absolute atomic E-state index is 13.2. The summed E-state index contributed by atoms with van der Waals surface area (Å²) in [4.78, 5) is 133.